The van der Waals surface area contributed by atoms with Crippen LogP contribution in [0.2, 0.25) is 0 Å². The first-order chi connectivity index (χ1) is 7.04. The third kappa shape index (κ3) is 3.81. The Labute approximate surface area is 90.1 Å². The summed E-state index contributed by atoms with van der Waals surface area (Å²) >= 11 is 0. The minimum Gasteiger partial charge on any atom is -0.339 e. The number of unbranched alkanes of at least 4 members (excludes halogenated alkanes) is 2. The number of hydrogen-bond donors (Lipinski definition) is 0. The van der Waals surface area contributed by atoms with Crippen molar-refractivity contribution in [3.8, 4) is 0 Å². The second-order valence-electron chi connectivity index (χ2n) is 4.68. The number of carbonyl (C=O) groups excluding carboxylic acids is 1. The molecule has 0 aromatic carbocycles. The second-order valence-corrected chi connectivity index (χ2v) is 4.68. The SMILES string of the molecule is CC(C)(C)c1nc(CCCCC=O)no1. The van der Waals surface area contributed by atoms with E-state index in [2.05, 4.69) is 10.1 Å². The molecule has 0 fully saturated rings. The van der Waals surface area contributed by atoms with Gasteiger partial charge in [-0.1, -0.05) is 25.9 Å². The summed E-state index contributed by atoms with van der Waals surface area (Å²) in [6, 6.07) is 0. The summed E-state index contributed by atoms with van der Waals surface area (Å²) in [4.78, 5) is 14.4. The van der Waals surface area contributed by atoms with E-state index in [1.54, 1.807) is 0 Å². The molecule has 0 unspecified atom stereocenters. The maximum absolute atomic E-state index is 10.1. The van der Waals surface area contributed by atoms with Crippen molar-refractivity contribution in [3.05, 3.63) is 11.7 Å². The number of hydrogen-bond acceptors (Lipinski definition) is 4. The van der Waals surface area contributed by atoms with Gasteiger partial charge in [-0.15, -0.1) is 0 Å². The summed E-state index contributed by atoms with van der Waals surface area (Å²) in [5.74, 6) is 1.42. The van der Waals surface area contributed by atoms with Gasteiger partial charge in [-0.05, 0) is 12.8 Å². The van der Waals surface area contributed by atoms with Gasteiger partial charge in [0.15, 0.2) is 5.82 Å². The van der Waals surface area contributed by atoms with Crippen LogP contribution >= 0.6 is 0 Å². The number of aldehydes is 1. The number of aryl methyl sites for hydroxylation is 1. The molecule has 0 saturated heterocycles. The predicted molar refractivity (Wildman–Crippen MR) is 56.6 cm³/mol. The van der Waals surface area contributed by atoms with Crippen molar-refractivity contribution in [2.75, 3.05) is 0 Å². The molecule has 0 aliphatic rings. The van der Waals surface area contributed by atoms with Gasteiger partial charge in [0.25, 0.3) is 0 Å². The van der Waals surface area contributed by atoms with Gasteiger partial charge in [-0.2, -0.15) is 4.98 Å². The van der Waals surface area contributed by atoms with Gasteiger partial charge >= 0.3 is 0 Å². The fraction of sp³-hybridized carbons (Fsp3) is 0.727. The van der Waals surface area contributed by atoms with E-state index in [0.717, 1.165) is 31.4 Å². The van der Waals surface area contributed by atoms with Crippen LogP contribution in [0, 0.1) is 0 Å². The van der Waals surface area contributed by atoms with Crippen LogP contribution in [0.25, 0.3) is 0 Å². The highest BCUT2D eigenvalue weighted by atomic mass is 16.5. The van der Waals surface area contributed by atoms with Gasteiger partial charge in [-0.25, -0.2) is 0 Å². The van der Waals surface area contributed by atoms with Gasteiger partial charge in [0.05, 0.1) is 0 Å². The normalized spacial score (nSPS) is 11.7. The molecule has 84 valence electrons. The van der Waals surface area contributed by atoms with Crippen LogP contribution < -0.4 is 0 Å². The molecule has 1 aromatic heterocycles. The first-order valence-corrected chi connectivity index (χ1v) is 5.31. The summed E-state index contributed by atoms with van der Waals surface area (Å²) in [6.45, 7) is 6.12. The topological polar surface area (TPSA) is 56.0 Å². The van der Waals surface area contributed by atoms with E-state index in [9.17, 15) is 4.79 Å². The average Bonchev–Trinajstić information content (AvgIpc) is 2.60. The molecule has 0 radical (unpaired) electrons. The van der Waals surface area contributed by atoms with Crippen LogP contribution in [0.5, 0.6) is 0 Å². The Balaban J connectivity index is 2.43. The summed E-state index contributed by atoms with van der Waals surface area (Å²) in [5.41, 5.74) is -0.0892. The molecule has 1 rings (SSSR count). The molecule has 0 bridgehead atoms. The van der Waals surface area contributed by atoms with E-state index >= 15 is 0 Å². The van der Waals surface area contributed by atoms with Crippen molar-refractivity contribution in [2.24, 2.45) is 0 Å². The van der Waals surface area contributed by atoms with Gasteiger partial charge in [-0.3, -0.25) is 0 Å². The quantitative estimate of drug-likeness (QED) is 0.552. The molecule has 0 amide bonds. The van der Waals surface area contributed by atoms with Crippen molar-refractivity contribution in [1.82, 2.24) is 10.1 Å². The fourth-order valence-corrected chi connectivity index (χ4v) is 1.17. The zero-order chi connectivity index (χ0) is 11.3. The smallest absolute Gasteiger partial charge is 0.232 e. The molecule has 0 saturated carbocycles. The largest absolute Gasteiger partial charge is 0.339 e. The number of carbonyl (C=O) groups is 1. The van der Waals surface area contributed by atoms with Crippen molar-refractivity contribution in [3.63, 3.8) is 0 Å². The number of rotatable bonds is 5. The molecule has 0 N–H and O–H groups in total. The van der Waals surface area contributed by atoms with Crippen LogP contribution in [0.4, 0.5) is 0 Å². The first kappa shape index (κ1) is 11.9. The van der Waals surface area contributed by atoms with Crippen LogP contribution in [-0.2, 0) is 16.6 Å². The van der Waals surface area contributed by atoms with Gasteiger partial charge in [0.2, 0.25) is 5.89 Å². The van der Waals surface area contributed by atoms with Gasteiger partial charge < -0.3 is 9.32 Å². The fourth-order valence-electron chi connectivity index (χ4n) is 1.17. The zero-order valence-electron chi connectivity index (χ0n) is 9.62. The molecule has 0 spiro atoms. The molecule has 1 aromatic rings. The zero-order valence-corrected chi connectivity index (χ0v) is 9.62. The van der Waals surface area contributed by atoms with Crippen LogP contribution in [0.1, 0.15) is 51.7 Å². The third-order valence-electron chi connectivity index (χ3n) is 2.08. The molecular weight excluding hydrogens is 192 g/mol. The summed E-state index contributed by atoms with van der Waals surface area (Å²) in [5, 5.41) is 3.91. The van der Waals surface area contributed by atoms with E-state index < -0.39 is 0 Å². The minimum atomic E-state index is -0.0892. The Morgan fingerprint density at radius 2 is 2.07 bits per heavy atom. The Morgan fingerprint density at radius 1 is 1.33 bits per heavy atom. The first-order valence-electron chi connectivity index (χ1n) is 5.31. The Hall–Kier alpha value is -1.19. The molecule has 15 heavy (non-hydrogen) atoms. The van der Waals surface area contributed by atoms with Crippen molar-refractivity contribution >= 4 is 6.29 Å². The van der Waals surface area contributed by atoms with Crippen LogP contribution in [-0.4, -0.2) is 16.4 Å². The van der Waals surface area contributed by atoms with Crippen molar-refractivity contribution in [2.45, 2.75) is 51.9 Å². The Morgan fingerprint density at radius 3 is 2.60 bits per heavy atom. The summed E-state index contributed by atoms with van der Waals surface area (Å²) in [7, 11) is 0. The lowest BCUT2D eigenvalue weighted by molar-refractivity contribution is -0.107. The maximum Gasteiger partial charge on any atom is 0.232 e. The monoisotopic (exact) mass is 210 g/mol. The van der Waals surface area contributed by atoms with Crippen molar-refractivity contribution in [1.29, 1.82) is 0 Å². The molecule has 1 heterocycles. The van der Waals surface area contributed by atoms with Gasteiger partial charge in [0, 0.05) is 18.3 Å². The van der Waals surface area contributed by atoms with E-state index in [1.807, 2.05) is 20.8 Å². The third-order valence-corrected chi connectivity index (χ3v) is 2.08. The highest BCUT2D eigenvalue weighted by Gasteiger charge is 2.21. The Bertz CT molecular complexity index is 313. The van der Waals surface area contributed by atoms with E-state index in [4.69, 9.17) is 4.52 Å². The lowest BCUT2D eigenvalue weighted by Crippen LogP contribution is -2.11. The molecule has 0 aliphatic heterocycles. The second kappa shape index (κ2) is 5.05. The average molecular weight is 210 g/mol. The summed E-state index contributed by atoms with van der Waals surface area (Å²) in [6.07, 6.45) is 4.17. The van der Waals surface area contributed by atoms with E-state index in [1.165, 1.54) is 0 Å². The summed E-state index contributed by atoms with van der Waals surface area (Å²) < 4.78 is 5.16. The lowest BCUT2D eigenvalue weighted by Gasteiger charge is -2.10. The predicted octanol–water partition coefficient (Wildman–Crippen LogP) is 2.28. The maximum atomic E-state index is 10.1. The molecule has 4 heteroatoms. The highest BCUT2D eigenvalue weighted by molar-refractivity contribution is 5.48. The minimum absolute atomic E-state index is 0.0892. The molecule has 0 aliphatic carbocycles. The Kier molecular flexibility index (Phi) is 4.00. The molecular formula is C11H18N2O2. The molecule has 0 atom stereocenters. The van der Waals surface area contributed by atoms with E-state index in [-0.39, 0.29) is 5.41 Å². The van der Waals surface area contributed by atoms with Crippen LogP contribution in [0.15, 0.2) is 4.52 Å². The van der Waals surface area contributed by atoms with Crippen LogP contribution in [0.3, 0.4) is 0 Å². The lowest BCUT2D eigenvalue weighted by atomic mass is 9.97. The van der Waals surface area contributed by atoms with Crippen molar-refractivity contribution < 1.29 is 9.32 Å². The standard InChI is InChI=1S/C11H18N2O2/c1-11(2,3)10-12-9(13-15-10)7-5-4-6-8-14/h8H,4-7H2,1-3H3. The van der Waals surface area contributed by atoms with Gasteiger partial charge in [0.1, 0.15) is 6.29 Å². The number of nitrogens with zero attached hydrogens (tertiary/aromatic N) is 2. The van der Waals surface area contributed by atoms with E-state index in [0.29, 0.717) is 12.3 Å². The highest BCUT2D eigenvalue weighted by Crippen LogP contribution is 2.19. The number of aromatic nitrogens is 2. The molecule has 4 nitrogen and oxygen atoms in total.